The lowest BCUT2D eigenvalue weighted by molar-refractivity contribution is 0.102. The maximum atomic E-state index is 12.3. The molecule has 0 saturated carbocycles. The van der Waals surface area contributed by atoms with Crippen molar-refractivity contribution in [3.63, 3.8) is 0 Å². The van der Waals surface area contributed by atoms with E-state index in [1.807, 2.05) is 11.0 Å². The van der Waals surface area contributed by atoms with Gasteiger partial charge >= 0.3 is 0 Å². The van der Waals surface area contributed by atoms with Crippen molar-refractivity contribution in [3.05, 3.63) is 35.2 Å². The first-order valence-electron chi connectivity index (χ1n) is 8.91. The summed E-state index contributed by atoms with van der Waals surface area (Å²) >= 11 is 11.8. The van der Waals surface area contributed by atoms with Gasteiger partial charge < -0.3 is 20.4 Å². The first kappa shape index (κ1) is 21.7. The normalized spacial score (nSPS) is 15.4. The topological polar surface area (TPSA) is 122 Å². The lowest BCUT2D eigenvalue weighted by Crippen LogP contribution is -2.49. The fraction of sp³-hybridized carbons (Fsp3) is 0.412. The first-order valence-corrected chi connectivity index (χ1v) is 11.4. The van der Waals surface area contributed by atoms with Crippen LogP contribution in [0.1, 0.15) is 16.9 Å². The van der Waals surface area contributed by atoms with Crippen LogP contribution >= 0.6 is 23.2 Å². The zero-order chi connectivity index (χ0) is 21.0. The highest BCUT2D eigenvalue weighted by Crippen LogP contribution is 2.29. The van der Waals surface area contributed by atoms with Crippen molar-refractivity contribution in [1.82, 2.24) is 9.29 Å². The van der Waals surface area contributed by atoms with Crippen LogP contribution in [0.4, 0.5) is 17.4 Å². The van der Waals surface area contributed by atoms with Gasteiger partial charge in [-0.3, -0.25) is 4.79 Å². The summed E-state index contributed by atoms with van der Waals surface area (Å²) < 4.78 is 30.9. The molecule has 1 aliphatic heterocycles. The minimum Gasteiger partial charge on any atom is -0.431 e. The van der Waals surface area contributed by atoms with Crippen LogP contribution in [0, 0.1) is 0 Å². The van der Waals surface area contributed by atoms with E-state index in [0.29, 0.717) is 49.2 Å². The molecule has 3 N–H and O–H groups in total. The van der Waals surface area contributed by atoms with E-state index < -0.39 is 15.9 Å². The Hall–Kier alpha value is -2.01. The number of benzene rings is 1. The Morgan fingerprint density at radius 2 is 2.00 bits per heavy atom. The Morgan fingerprint density at radius 3 is 2.62 bits per heavy atom. The average Bonchev–Trinajstić information content (AvgIpc) is 3.15. The van der Waals surface area contributed by atoms with E-state index in [4.69, 9.17) is 33.4 Å². The summed E-state index contributed by atoms with van der Waals surface area (Å²) in [5.41, 5.74) is 6.66. The van der Waals surface area contributed by atoms with E-state index in [9.17, 15) is 13.2 Å². The molecule has 0 spiro atoms. The van der Waals surface area contributed by atoms with Crippen LogP contribution < -0.4 is 16.0 Å². The third kappa shape index (κ3) is 5.33. The highest BCUT2D eigenvalue weighted by molar-refractivity contribution is 7.89. The van der Waals surface area contributed by atoms with Crippen LogP contribution in [-0.4, -0.2) is 61.4 Å². The summed E-state index contributed by atoms with van der Waals surface area (Å²) in [5.74, 6) is -0.126. The predicted molar refractivity (Wildman–Crippen MR) is 113 cm³/mol. The van der Waals surface area contributed by atoms with Crippen molar-refractivity contribution in [2.45, 2.75) is 6.42 Å². The van der Waals surface area contributed by atoms with Crippen molar-refractivity contribution in [2.24, 2.45) is 0 Å². The largest absolute Gasteiger partial charge is 0.431 e. The third-order valence-electron chi connectivity index (χ3n) is 4.49. The number of hydrogen-bond donors (Lipinski definition) is 2. The number of rotatable bonds is 7. The van der Waals surface area contributed by atoms with Gasteiger partial charge in [0, 0.05) is 37.7 Å². The molecular weight excluding hydrogens is 441 g/mol. The number of alkyl halides is 1. The molecule has 1 saturated heterocycles. The number of nitrogens with two attached hydrogens (primary N) is 1. The van der Waals surface area contributed by atoms with Crippen molar-refractivity contribution < 1.29 is 17.6 Å². The Kier molecular flexibility index (Phi) is 6.89. The summed E-state index contributed by atoms with van der Waals surface area (Å²) in [5, 5.41) is 3.04. The lowest BCUT2D eigenvalue weighted by atomic mass is 10.2. The highest BCUT2D eigenvalue weighted by Gasteiger charge is 2.27. The van der Waals surface area contributed by atoms with E-state index in [2.05, 4.69) is 10.3 Å². The monoisotopic (exact) mass is 461 g/mol. The molecule has 0 bridgehead atoms. The number of hydrogen-bond acceptors (Lipinski definition) is 7. The minimum absolute atomic E-state index is 0.0414. The van der Waals surface area contributed by atoms with E-state index in [1.54, 1.807) is 12.1 Å². The zero-order valence-electron chi connectivity index (χ0n) is 15.5. The Morgan fingerprint density at radius 1 is 1.28 bits per heavy atom. The SMILES string of the molecule is Nc1nc(C(=O)Nc2cc(N3CCN(S(=O)(=O)CCCCl)CC3)ccc2Cl)co1. The minimum atomic E-state index is -3.29. The molecule has 1 aromatic carbocycles. The van der Waals surface area contributed by atoms with Crippen LogP contribution in [0.2, 0.25) is 5.02 Å². The van der Waals surface area contributed by atoms with Gasteiger partial charge in [-0.1, -0.05) is 11.6 Å². The molecule has 0 atom stereocenters. The van der Waals surface area contributed by atoms with Crippen molar-refractivity contribution in [3.8, 4) is 0 Å². The van der Waals surface area contributed by atoms with Gasteiger partial charge in [-0.05, 0) is 24.6 Å². The number of nitrogens with one attached hydrogen (secondary N) is 1. The maximum absolute atomic E-state index is 12.3. The van der Waals surface area contributed by atoms with Gasteiger partial charge in [-0.2, -0.15) is 9.29 Å². The third-order valence-corrected chi connectivity index (χ3v) is 7.04. The summed E-state index contributed by atoms with van der Waals surface area (Å²) in [6.07, 6.45) is 1.59. The summed E-state index contributed by atoms with van der Waals surface area (Å²) in [7, 11) is -3.29. The van der Waals surface area contributed by atoms with Gasteiger partial charge in [0.2, 0.25) is 10.0 Å². The number of amides is 1. The smallest absolute Gasteiger partial charge is 0.292 e. The first-order chi connectivity index (χ1) is 13.8. The molecule has 0 aliphatic carbocycles. The quantitative estimate of drug-likeness (QED) is 0.606. The van der Waals surface area contributed by atoms with Crippen LogP contribution in [0.25, 0.3) is 0 Å². The number of sulfonamides is 1. The fourth-order valence-electron chi connectivity index (χ4n) is 2.97. The Bertz CT molecular complexity index is 974. The van der Waals surface area contributed by atoms with Crippen LogP contribution in [-0.2, 0) is 10.0 Å². The summed E-state index contributed by atoms with van der Waals surface area (Å²) in [4.78, 5) is 18.1. The van der Waals surface area contributed by atoms with Gasteiger partial charge in [0.05, 0.1) is 16.5 Å². The molecule has 9 nitrogen and oxygen atoms in total. The van der Waals surface area contributed by atoms with Crippen LogP contribution in [0.5, 0.6) is 0 Å². The van der Waals surface area contributed by atoms with Gasteiger partial charge in [0.25, 0.3) is 11.9 Å². The second-order valence-corrected chi connectivity index (χ2v) is 9.31. The van der Waals surface area contributed by atoms with Crippen LogP contribution in [0.15, 0.2) is 28.9 Å². The van der Waals surface area contributed by atoms with Gasteiger partial charge in [0.1, 0.15) is 6.26 Å². The molecule has 1 aliphatic rings. The van der Waals surface area contributed by atoms with E-state index >= 15 is 0 Å². The summed E-state index contributed by atoms with van der Waals surface area (Å²) in [6.45, 7) is 1.81. The standard InChI is InChI=1S/C17H21Cl2N5O4S/c18-4-1-9-29(26,27)24-7-5-23(6-8-24)12-2-3-13(19)14(10-12)21-16(25)15-11-28-17(20)22-15/h2-3,10-11H,1,4-9H2,(H2,20,22)(H,21,25). The molecule has 12 heteroatoms. The summed E-state index contributed by atoms with van der Waals surface area (Å²) in [6, 6.07) is 5.13. The molecule has 2 heterocycles. The Labute approximate surface area is 178 Å². The molecule has 3 rings (SSSR count). The molecule has 0 unspecified atom stereocenters. The second-order valence-electron chi connectivity index (χ2n) is 6.43. The second kappa shape index (κ2) is 9.21. The molecule has 29 heavy (non-hydrogen) atoms. The molecule has 0 radical (unpaired) electrons. The Balaban J connectivity index is 1.66. The molecule has 1 fully saturated rings. The van der Waals surface area contributed by atoms with E-state index in [0.717, 1.165) is 12.0 Å². The van der Waals surface area contributed by atoms with E-state index in [-0.39, 0.29) is 17.5 Å². The number of oxazole rings is 1. The van der Waals surface area contributed by atoms with Gasteiger partial charge in [0.15, 0.2) is 5.69 Å². The molecule has 1 aromatic heterocycles. The number of nitrogen functional groups attached to an aromatic ring is 1. The molecule has 1 amide bonds. The van der Waals surface area contributed by atoms with E-state index in [1.165, 1.54) is 4.31 Å². The van der Waals surface area contributed by atoms with Gasteiger partial charge in [-0.15, -0.1) is 11.6 Å². The number of aromatic nitrogens is 1. The predicted octanol–water partition coefficient (Wildman–Crippen LogP) is 2.24. The van der Waals surface area contributed by atoms with Crippen LogP contribution in [0.3, 0.4) is 0 Å². The molecule has 158 valence electrons. The zero-order valence-corrected chi connectivity index (χ0v) is 17.8. The van der Waals surface area contributed by atoms with Crippen molar-refractivity contribution in [2.75, 3.05) is 53.8 Å². The molecular formula is C17H21Cl2N5O4S. The number of nitrogens with zero attached hydrogens (tertiary/aromatic N) is 3. The highest BCUT2D eigenvalue weighted by atomic mass is 35.5. The fourth-order valence-corrected chi connectivity index (χ4v) is 4.92. The lowest BCUT2D eigenvalue weighted by Gasteiger charge is -2.35. The van der Waals surface area contributed by atoms with Gasteiger partial charge in [-0.25, -0.2) is 8.42 Å². The number of halogens is 2. The van der Waals surface area contributed by atoms with Crippen molar-refractivity contribution >= 4 is 56.5 Å². The average molecular weight is 462 g/mol. The number of carbonyl (C=O) groups excluding carboxylic acids is 1. The number of carbonyl (C=O) groups is 1. The number of piperazine rings is 1. The van der Waals surface area contributed by atoms with Crippen molar-refractivity contribution in [1.29, 1.82) is 0 Å². The number of anilines is 3. The maximum Gasteiger partial charge on any atom is 0.292 e. The molecule has 2 aromatic rings.